The minimum absolute atomic E-state index is 0.202. The molecule has 0 saturated heterocycles. The van der Waals surface area contributed by atoms with Crippen molar-refractivity contribution in [1.82, 2.24) is 40.2 Å². The van der Waals surface area contributed by atoms with E-state index in [0.29, 0.717) is 5.82 Å². The Balaban J connectivity index is 1.26. The first-order valence-corrected chi connectivity index (χ1v) is 10.4. The van der Waals surface area contributed by atoms with Crippen LogP contribution in [-0.2, 0) is 0 Å². The normalized spacial score (nSPS) is 11.9. The number of aromatic amines is 1. The van der Waals surface area contributed by atoms with Gasteiger partial charge < -0.3 is 5.32 Å². The number of pyridine rings is 2. The minimum Gasteiger partial charge on any atom is -0.331 e. The second kappa shape index (κ2) is 8.50. The number of amides is 2. The molecule has 0 bridgehead atoms. The van der Waals surface area contributed by atoms with Crippen LogP contribution in [0.25, 0.3) is 27.8 Å². The molecule has 0 aliphatic carbocycles. The number of rotatable bonds is 5. The summed E-state index contributed by atoms with van der Waals surface area (Å²) in [6.45, 7) is 3.85. The van der Waals surface area contributed by atoms with Crippen LogP contribution in [0.15, 0.2) is 67.5 Å². The number of benzene rings is 1. The third-order valence-corrected chi connectivity index (χ3v) is 5.28. The Morgan fingerprint density at radius 2 is 1.97 bits per heavy atom. The third kappa shape index (κ3) is 4.26. The van der Waals surface area contributed by atoms with Crippen LogP contribution in [0.2, 0.25) is 0 Å². The zero-order chi connectivity index (χ0) is 22.8. The number of aromatic nitrogens is 7. The molecule has 0 fully saturated rings. The van der Waals surface area contributed by atoms with Gasteiger partial charge in [-0.15, -0.1) is 0 Å². The van der Waals surface area contributed by atoms with Gasteiger partial charge in [-0.25, -0.2) is 19.4 Å². The summed E-state index contributed by atoms with van der Waals surface area (Å²) in [6, 6.07) is 12.8. The number of carbonyl (C=O) groups is 1. The van der Waals surface area contributed by atoms with Crippen molar-refractivity contribution in [3.8, 4) is 16.9 Å². The molecule has 4 aromatic heterocycles. The van der Waals surface area contributed by atoms with Gasteiger partial charge >= 0.3 is 6.03 Å². The highest BCUT2D eigenvalue weighted by Crippen LogP contribution is 2.27. The summed E-state index contributed by atoms with van der Waals surface area (Å²) in [7, 11) is 0. The van der Waals surface area contributed by atoms with Gasteiger partial charge in [0.15, 0.2) is 0 Å². The van der Waals surface area contributed by atoms with E-state index in [1.807, 2.05) is 50.2 Å². The lowest BCUT2D eigenvalue weighted by molar-refractivity contribution is 0.249. The van der Waals surface area contributed by atoms with E-state index in [-0.39, 0.29) is 12.1 Å². The van der Waals surface area contributed by atoms with Crippen molar-refractivity contribution in [3.05, 3.63) is 78.8 Å². The topological polar surface area (TPSA) is 126 Å². The first-order valence-electron chi connectivity index (χ1n) is 10.4. The molecule has 3 N–H and O–H groups in total. The monoisotopic (exact) mass is 439 g/mol. The summed E-state index contributed by atoms with van der Waals surface area (Å²) in [5.74, 6) is 0.426. The van der Waals surface area contributed by atoms with E-state index in [0.717, 1.165) is 39.1 Å². The zero-order valence-corrected chi connectivity index (χ0v) is 18.0. The number of carbonyl (C=O) groups excluding carboxylic acids is 1. The van der Waals surface area contributed by atoms with E-state index in [4.69, 9.17) is 0 Å². The van der Waals surface area contributed by atoms with Crippen molar-refractivity contribution < 1.29 is 4.79 Å². The smallest absolute Gasteiger partial charge is 0.320 e. The predicted molar refractivity (Wildman–Crippen MR) is 124 cm³/mol. The number of hydrogen-bond acceptors (Lipinski definition) is 6. The van der Waals surface area contributed by atoms with E-state index >= 15 is 0 Å². The molecule has 10 nitrogen and oxygen atoms in total. The summed E-state index contributed by atoms with van der Waals surface area (Å²) in [6.07, 6.45) is 6.57. The molecule has 5 rings (SSSR count). The third-order valence-electron chi connectivity index (χ3n) is 5.28. The Labute approximate surface area is 189 Å². The van der Waals surface area contributed by atoms with Crippen LogP contribution in [0.5, 0.6) is 0 Å². The molecular weight excluding hydrogens is 418 g/mol. The van der Waals surface area contributed by atoms with E-state index < -0.39 is 0 Å². The number of nitrogens with zero attached hydrogens (tertiary/aromatic N) is 6. The molecule has 0 spiro atoms. The summed E-state index contributed by atoms with van der Waals surface area (Å²) in [4.78, 5) is 25.1. The van der Waals surface area contributed by atoms with Crippen LogP contribution in [-0.4, -0.2) is 41.0 Å². The first-order chi connectivity index (χ1) is 16.1. The quantitative estimate of drug-likeness (QED) is 0.382. The molecule has 4 heterocycles. The fourth-order valence-electron chi connectivity index (χ4n) is 3.58. The highest BCUT2D eigenvalue weighted by atomic mass is 16.2. The molecule has 1 aromatic carbocycles. The highest BCUT2D eigenvalue weighted by molar-refractivity contribution is 5.95. The molecule has 0 radical (unpaired) electrons. The lowest BCUT2D eigenvalue weighted by Gasteiger charge is -2.15. The standard InChI is InChI=1S/C23H21N9O/c1-14-9-17(7-8-25-14)22-19-11-26-21(10-20(19)30-31-22)29-23(33)28-15(2)16-3-5-18(6-4-16)32-13-24-12-27-32/h3-13,15H,1-2H3,(H,30,31)(H2,26,28,29,33). The van der Waals surface area contributed by atoms with Crippen molar-refractivity contribution in [2.24, 2.45) is 0 Å². The maximum Gasteiger partial charge on any atom is 0.320 e. The second-order valence-electron chi connectivity index (χ2n) is 7.62. The average Bonchev–Trinajstić information content (AvgIpc) is 3.49. The largest absolute Gasteiger partial charge is 0.331 e. The maximum absolute atomic E-state index is 12.5. The Hall–Kier alpha value is -4.60. The molecule has 0 saturated carbocycles. The number of nitrogens with one attached hydrogen (secondary N) is 3. The molecule has 5 aromatic rings. The molecule has 2 amide bonds. The average molecular weight is 439 g/mol. The molecule has 1 atom stereocenters. The van der Waals surface area contributed by atoms with E-state index in [1.165, 1.54) is 6.33 Å². The van der Waals surface area contributed by atoms with Gasteiger partial charge in [-0.05, 0) is 43.7 Å². The second-order valence-corrected chi connectivity index (χ2v) is 7.62. The van der Waals surface area contributed by atoms with Gasteiger partial charge in [-0.1, -0.05) is 12.1 Å². The fraction of sp³-hybridized carbons (Fsp3) is 0.130. The van der Waals surface area contributed by atoms with Crippen molar-refractivity contribution >= 4 is 22.8 Å². The van der Waals surface area contributed by atoms with Gasteiger partial charge in [0.25, 0.3) is 0 Å². The van der Waals surface area contributed by atoms with Gasteiger partial charge in [-0.2, -0.15) is 10.2 Å². The van der Waals surface area contributed by atoms with Crippen LogP contribution in [0.1, 0.15) is 24.2 Å². The van der Waals surface area contributed by atoms with Crippen LogP contribution >= 0.6 is 0 Å². The number of anilines is 1. The predicted octanol–water partition coefficient (Wildman–Crippen LogP) is 3.79. The Morgan fingerprint density at radius 3 is 2.73 bits per heavy atom. The fourth-order valence-corrected chi connectivity index (χ4v) is 3.58. The number of H-pyrrole nitrogens is 1. The van der Waals surface area contributed by atoms with Gasteiger partial charge in [0, 0.05) is 35.1 Å². The summed E-state index contributed by atoms with van der Waals surface area (Å²) < 4.78 is 1.67. The lowest BCUT2D eigenvalue weighted by atomic mass is 10.1. The van der Waals surface area contributed by atoms with Crippen LogP contribution in [0, 0.1) is 6.92 Å². The van der Waals surface area contributed by atoms with E-state index in [2.05, 4.69) is 40.9 Å². The van der Waals surface area contributed by atoms with Gasteiger partial charge in [0.1, 0.15) is 24.2 Å². The SMILES string of the molecule is Cc1cc(-c2n[nH]c3cc(NC(=O)NC(C)c4ccc(-n5cncn5)cc4)ncc23)ccn1. The van der Waals surface area contributed by atoms with Crippen molar-refractivity contribution in [1.29, 1.82) is 0 Å². The molecule has 0 aliphatic heterocycles. The Morgan fingerprint density at radius 1 is 1.12 bits per heavy atom. The molecule has 0 aliphatic rings. The minimum atomic E-state index is -0.348. The summed E-state index contributed by atoms with van der Waals surface area (Å²) in [5, 5.41) is 18.1. The van der Waals surface area contributed by atoms with Gasteiger partial charge in [-0.3, -0.25) is 15.4 Å². The zero-order valence-electron chi connectivity index (χ0n) is 18.0. The first kappa shape index (κ1) is 20.3. The number of aryl methyl sites for hydroxylation is 1. The molecular formula is C23H21N9O. The molecule has 33 heavy (non-hydrogen) atoms. The van der Waals surface area contributed by atoms with Crippen molar-refractivity contribution in [2.45, 2.75) is 19.9 Å². The summed E-state index contributed by atoms with van der Waals surface area (Å²) >= 11 is 0. The maximum atomic E-state index is 12.5. The highest BCUT2D eigenvalue weighted by Gasteiger charge is 2.13. The van der Waals surface area contributed by atoms with Gasteiger partial charge in [0.2, 0.25) is 0 Å². The van der Waals surface area contributed by atoms with Crippen LogP contribution in [0.3, 0.4) is 0 Å². The summed E-state index contributed by atoms with van der Waals surface area (Å²) in [5.41, 5.74) is 5.30. The number of hydrogen-bond donors (Lipinski definition) is 3. The molecule has 164 valence electrons. The van der Waals surface area contributed by atoms with Gasteiger partial charge in [0.05, 0.1) is 17.2 Å². The van der Waals surface area contributed by atoms with Crippen molar-refractivity contribution in [2.75, 3.05) is 5.32 Å². The molecule has 1 unspecified atom stereocenters. The lowest BCUT2D eigenvalue weighted by Crippen LogP contribution is -2.31. The van der Waals surface area contributed by atoms with Crippen molar-refractivity contribution in [3.63, 3.8) is 0 Å². The van der Waals surface area contributed by atoms with Crippen LogP contribution < -0.4 is 10.6 Å². The number of fused-ring (bicyclic) bond motifs is 1. The number of urea groups is 1. The molecule has 10 heteroatoms. The van der Waals surface area contributed by atoms with E-state index in [1.54, 1.807) is 29.5 Å². The van der Waals surface area contributed by atoms with E-state index in [9.17, 15) is 4.79 Å². The Kier molecular flexibility index (Phi) is 5.23. The van der Waals surface area contributed by atoms with Crippen LogP contribution in [0.4, 0.5) is 10.6 Å². The Bertz CT molecular complexity index is 1410.